The number of hydrogen-bond donors (Lipinski definition) is 1. The zero-order valence-corrected chi connectivity index (χ0v) is 8.43. The van der Waals surface area contributed by atoms with Crippen LogP contribution in [-0.4, -0.2) is 26.3 Å². The lowest BCUT2D eigenvalue weighted by atomic mass is 10.1. The second-order valence-corrected chi connectivity index (χ2v) is 4.30. The first-order valence-corrected chi connectivity index (χ1v) is 5.72. The van der Waals surface area contributed by atoms with Crippen molar-refractivity contribution < 1.29 is 9.00 Å². The lowest BCUT2D eigenvalue weighted by Gasteiger charge is -2.14. The minimum atomic E-state index is -1.21. The maximum Gasteiger partial charge on any atom is 0.225 e. The van der Waals surface area contributed by atoms with Crippen LogP contribution >= 0.6 is 0 Å². The van der Waals surface area contributed by atoms with E-state index in [1.54, 1.807) is 6.20 Å². The molecule has 1 unspecified atom stereocenters. The molecule has 1 aliphatic heterocycles. The minimum absolute atomic E-state index is 0.0518. The Morgan fingerprint density at radius 2 is 2.29 bits per heavy atom. The van der Waals surface area contributed by atoms with Gasteiger partial charge in [0.2, 0.25) is 11.1 Å². The Labute approximate surface area is 83.4 Å². The number of amides is 1. The summed E-state index contributed by atoms with van der Waals surface area (Å²) in [6.45, 7) is 0. The Morgan fingerprint density at radius 1 is 1.50 bits per heavy atom. The predicted molar refractivity (Wildman–Crippen MR) is 51.3 cm³/mol. The standard InChI is InChI=1S/C8H9N3O2S/c1-14(13)8-9-4-5-2-3-6(12)10-7(5)11-8/h4H,2-3H2,1H3,(H,9,10,11,12). The Hall–Kier alpha value is -1.30. The highest BCUT2D eigenvalue weighted by atomic mass is 32.2. The predicted octanol–water partition coefficient (Wildman–Crippen LogP) is 0.0987. The molecule has 14 heavy (non-hydrogen) atoms. The van der Waals surface area contributed by atoms with Crippen LogP contribution in [0.3, 0.4) is 0 Å². The number of carbonyl (C=O) groups is 1. The van der Waals surface area contributed by atoms with Crippen LogP contribution in [0.25, 0.3) is 0 Å². The fourth-order valence-electron chi connectivity index (χ4n) is 1.26. The molecule has 0 radical (unpaired) electrons. The molecule has 1 atom stereocenters. The molecule has 1 amide bonds. The summed E-state index contributed by atoms with van der Waals surface area (Å²) in [5, 5.41) is 2.89. The van der Waals surface area contributed by atoms with E-state index in [-0.39, 0.29) is 11.1 Å². The number of nitrogens with zero attached hydrogens (tertiary/aromatic N) is 2. The highest BCUT2D eigenvalue weighted by Gasteiger charge is 2.17. The van der Waals surface area contributed by atoms with Gasteiger partial charge in [-0.15, -0.1) is 0 Å². The first kappa shape index (κ1) is 9.26. The fraction of sp³-hybridized carbons (Fsp3) is 0.375. The molecule has 0 spiro atoms. The van der Waals surface area contributed by atoms with Crippen molar-refractivity contribution in [2.45, 2.75) is 18.0 Å². The highest BCUT2D eigenvalue weighted by Crippen LogP contribution is 2.19. The molecule has 0 saturated heterocycles. The molecule has 1 aromatic heterocycles. The van der Waals surface area contributed by atoms with Gasteiger partial charge in [-0.2, -0.15) is 0 Å². The summed E-state index contributed by atoms with van der Waals surface area (Å²) in [6, 6.07) is 0. The Balaban J connectivity index is 2.42. The molecule has 5 nitrogen and oxygen atoms in total. The molecule has 1 aromatic rings. The smallest absolute Gasteiger partial charge is 0.225 e. The average Bonchev–Trinajstić information content (AvgIpc) is 2.16. The van der Waals surface area contributed by atoms with Gasteiger partial charge in [0.25, 0.3) is 0 Å². The van der Waals surface area contributed by atoms with Crippen LogP contribution in [0.15, 0.2) is 11.4 Å². The first-order valence-electron chi connectivity index (χ1n) is 4.16. The quantitative estimate of drug-likeness (QED) is 0.669. The molecule has 2 heterocycles. The second-order valence-electron chi connectivity index (χ2n) is 3.03. The van der Waals surface area contributed by atoms with Crippen LogP contribution in [0.5, 0.6) is 0 Å². The van der Waals surface area contributed by atoms with Crippen LogP contribution in [0.2, 0.25) is 0 Å². The van der Waals surface area contributed by atoms with Gasteiger partial charge >= 0.3 is 0 Å². The summed E-state index contributed by atoms with van der Waals surface area (Å²) in [6.07, 6.45) is 4.24. The van der Waals surface area contributed by atoms with Crippen LogP contribution < -0.4 is 5.32 Å². The number of nitrogens with one attached hydrogen (secondary N) is 1. The van der Waals surface area contributed by atoms with Gasteiger partial charge in [0.05, 0.1) is 10.8 Å². The van der Waals surface area contributed by atoms with Crippen molar-refractivity contribution >= 4 is 22.5 Å². The van der Waals surface area contributed by atoms with Crippen molar-refractivity contribution in [3.63, 3.8) is 0 Å². The average molecular weight is 211 g/mol. The van der Waals surface area contributed by atoms with Crippen molar-refractivity contribution in [1.29, 1.82) is 0 Å². The molecule has 0 aromatic carbocycles. The topological polar surface area (TPSA) is 72.0 Å². The zero-order chi connectivity index (χ0) is 10.1. The maximum absolute atomic E-state index is 11.1. The van der Waals surface area contributed by atoms with Crippen molar-refractivity contribution in [2.24, 2.45) is 0 Å². The summed E-state index contributed by atoms with van der Waals surface area (Å²) in [7, 11) is -1.21. The number of carbonyl (C=O) groups excluding carboxylic acids is 1. The molecule has 0 bridgehead atoms. The Morgan fingerprint density at radius 3 is 3.00 bits per heavy atom. The zero-order valence-electron chi connectivity index (χ0n) is 7.61. The Kier molecular flexibility index (Phi) is 2.28. The van der Waals surface area contributed by atoms with Crippen molar-refractivity contribution in [3.05, 3.63) is 11.8 Å². The lowest BCUT2D eigenvalue weighted by molar-refractivity contribution is -0.116. The third-order valence-corrected chi connectivity index (χ3v) is 2.69. The van der Waals surface area contributed by atoms with Gasteiger partial charge < -0.3 is 5.32 Å². The fourth-order valence-corrected chi connectivity index (χ4v) is 1.68. The van der Waals surface area contributed by atoms with Crippen molar-refractivity contribution in [3.8, 4) is 0 Å². The maximum atomic E-state index is 11.1. The number of anilines is 1. The van der Waals surface area contributed by atoms with Gasteiger partial charge in [0.15, 0.2) is 0 Å². The SMILES string of the molecule is CS(=O)c1ncc2c(n1)NC(=O)CC2. The van der Waals surface area contributed by atoms with Gasteiger partial charge in [-0.3, -0.25) is 9.00 Å². The summed E-state index contributed by atoms with van der Waals surface area (Å²) >= 11 is 0. The molecular formula is C8H9N3O2S. The van der Waals surface area contributed by atoms with Gasteiger partial charge in [0, 0.05) is 24.4 Å². The largest absolute Gasteiger partial charge is 0.310 e. The monoisotopic (exact) mass is 211 g/mol. The summed E-state index contributed by atoms with van der Waals surface area (Å²) in [5.74, 6) is 0.450. The second kappa shape index (κ2) is 3.45. The molecular weight excluding hydrogens is 202 g/mol. The minimum Gasteiger partial charge on any atom is -0.310 e. The van der Waals surface area contributed by atoms with E-state index in [0.29, 0.717) is 18.7 Å². The molecule has 0 aliphatic carbocycles. The number of rotatable bonds is 1. The lowest BCUT2D eigenvalue weighted by Crippen LogP contribution is -2.21. The summed E-state index contributed by atoms with van der Waals surface area (Å²) < 4.78 is 11.1. The van der Waals surface area contributed by atoms with E-state index in [9.17, 15) is 9.00 Å². The molecule has 74 valence electrons. The van der Waals surface area contributed by atoms with E-state index >= 15 is 0 Å². The van der Waals surface area contributed by atoms with E-state index in [1.807, 2.05) is 0 Å². The van der Waals surface area contributed by atoms with E-state index in [0.717, 1.165) is 5.56 Å². The third-order valence-electron chi connectivity index (χ3n) is 1.98. The van der Waals surface area contributed by atoms with Gasteiger partial charge in [-0.05, 0) is 6.42 Å². The summed E-state index contributed by atoms with van der Waals surface area (Å²) in [4.78, 5) is 19.0. The molecule has 0 saturated carbocycles. The van der Waals surface area contributed by atoms with Crippen molar-refractivity contribution in [2.75, 3.05) is 11.6 Å². The van der Waals surface area contributed by atoms with Crippen LogP contribution in [-0.2, 0) is 22.0 Å². The molecule has 0 fully saturated rings. The van der Waals surface area contributed by atoms with E-state index in [2.05, 4.69) is 15.3 Å². The van der Waals surface area contributed by atoms with Gasteiger partial charge in [0.1, 0.15) is 5.82 Å². The summed E-state index contributed by atoms with van der Waals surface area (Å²) in [5.41, 5.74) is 0.902. The Bertz CT molecular complexity index is 419. The molecule has 6 heteroatoms. The van der Waals surface area contributed by atoms with Crippen LogP contribution in [0.4, 0.5) is 5.82 Å². The molecule has 1 N–H and O–H groups in total. The first-order chi connectivity index (χ1) is 6.66. The number of aryl methyl sites for hydroxylation is 1. The highest BCUT2D eigenvalue weighted by molar-refractivity contribution is 7.84. The molecule has 2 rings (SSSR count). The normalized spacial score (nSPS) is 17.1. The number of hydrogen-bond acceptors (Lipinski definition) is 4. The van der Waals surface area contributed by atoms with E-state index < -0.39 is 10.8 Å². The number of fused-ring (bicyclic) bond motifs is 1. The third kappa shape index (κ3) is 1.65. The van der Waals surface area contributed by atoms with Gasteiger partial charge in [-0.25, -0.2) is 9.97 Å². The van der Waals surface area contributed by atoms with Crippen molar-refractivity contribution in [1.82, 2.24) is 9.97 Å². The van der Waals surface area contributed by atoms with Crippen LogP contribution in [0, 0.1) is 0 Å². The van der Waals surface area contributed by atoms with Gasteiger partial charge in [-0.1, -0.05) is 0 Å². The van der Waals surface area contributed by atoms with E-state index in [1.165, 1.54) is 6.26 Å². The number of aromatic nitrogens is 2. The van der Waals surface area contributed by atoms with Crippen LogP contribution in [0.1, 0.15) is 12.0 Å². The molecule has 1 aliphatic rings. The van der Waals surface area contributed by atoms with E-state index in [4.69, 9.17) is 0 Å².